The van der Waals surface area contributed by atoms with Crippen LogP contribution in [-0.2, 0) is 0 Å². The Morgan fingerprint density at radius 3 is 2.87 bits per heavy atom. The maximum absolute atomic E-state index is 8.31. The van der Waals surface area contributed by atoms with Crippen molar-refractivity contribution < 1.29 is 5.21 Å². The van der Waals surface area contributed by atoms with Gasteiger partial charge in [-0.05, 0) is 5.56 Å². The minimum Gasteiger partial charge on any atom is -0.290 e. The van der Waals surface area contributed by atoms with Crippen molar-refractivity contribution in [1.82, 2.24) is 15.7 Å². The number of aliphatic imine (C=N–C) groups is 1. The molecule has 0 fully saturated rings. The number of nitrogens with zero attached hydrogens (tertiary/aromatic N) is 2. The van der Waals surface area contributed by atoms with Crippen molar-refractivity contribution >= 4 is 12.2 Å². The zero-order valence-corrected chi connectivity index (χ0v) is 7.88. The maximum Gasteiger partial charge on any atom is 0.175 e. The summed E-state index contributed by atoms with van der Waals surface area (Å²) in [6.07, 6.45) is 1.16. The molecule has 0 atom stereocenters. The average molecular weight is 202 g/mol. The molecular weight excluding hydrogens is 192 g/mol. The Hall–Kier alpha value is -2.14. The quantitative estimate of drug-likeness (QED) is 0.403. The van der Waals surface area contributed by atoms with Crippen molar-refractivity contribution in [2.75, 3.05) is 0 Å². The van der Waals surface area contributed by atoms with Gasteiger partial charge in [-0.1, -0.05) is 30.3 Å². The standard InChI is InChI=1S/C10H10N4O/c15-12-7-11-10-6-9(13-14-10)8-4-2-1-3-5-8/h1-7,15H,(H2,11,12,13,14). The first-order valence-electron chi connectivity index (χ1n) is 4.43. The van der Waals surface area contributed by atoms with Crippen LogP contribution < -0.4 is 5.48 Å². The molecule has 0 unspecified atom stereocenters. The van der Waals surface area contributed by atoms with E-state index in [-0.39, 0.29) is 0 Å². The van der Waals surface area contributed by atoms with Crippen LogP contribution in [0.1, 0.15) is 0 Å². The summed E-state index contributed by atoms with van der Waals surface area (Å²) < 4.78 is 0. The minimum atomic E-state index is 0.510. The van der Waals surface area contributed by atoms with E-state index in [0.717, 1.165) is 17.6 Å². The average Bonchev–Trinajstić information content (AvgIpc) is 2.76. The van der Waals surface area contributed by atoms with Crippen molar-refractivity contribution in [3.8, 4) is 11.3 Å². The van der Waals surface area contributed by atoms with Crippen molar-refractivity contribution in [1.29, 1.82) is 0 Å². The fourth-order valence-corrected chi connectivity index (χ4v) is 1.24. The van der Waals surface area contributed by atoms with Crippen molar-refractivity contribution in [3.63, 3.8) is 0 Å². The topological polar surface area (TPSA) is 73.3 Å². The monoisotopic (exact) mass is 202 g/mol. The van der Waals surface area contributed by atoms with E-state index in [1.165, 1.54) is 0 Å². The molecule has 0 aliphatic rings. The van der Waals surface area contributed by atoms with Crippen LogP contribution in [-0.4, -0.2) is 21.7 Å². The largest absolute Gasteiger partial charge is 0.290 e. The number of aromatic amines is 1. The van der Waals surface area contributed by atoms with E-state index in [9.17, 15) is 0 Å². The molecule has 0 aliphatic heterocycles. The molecule has 0 amide bonds. The molecule has 76 valence electrons. The molecule has 1 aromatic heterocycles. The number of hydroxylamine groups is 1. The van der Waals surface area contributed by atoms with Crippen molar-refractivity contribution in [2.24, 2.45) is 4.99 Å². The predicted octanol–water partition coefficient (Wildman–Crippen LogP) is 1.72. The zero-order valence-electron chi connectivity index (χ0n) is 7.88. The molecule has 0 saturated carbocycles. The van der Waals surface area contributed by atoms with Gasteiger partial charge in [0.05, 0.1) is 5.69 Å². The third-order valence-corrected chi connectivity index (χ3v) is 1.90. The van der Waals surface area contributed by atoms with Crippen LogP contribution in [0.2, 0.25) is 0 Å². The van der Waals surface area contributed by atoms with Crippen molar-refractivity contribution in [3.05, 3.63) is 36.4 Å². The van der Waals surface area contributed by atoms with Gasteiger partial charge in [0.2, 0.25) is 0 Å². The van der Waals surface area contributed by atoms with Gasteiger partial charge in [0.25, 0.3) is 0 Å². The summed E-state index contributed by atoms with van der Waals surface area (Å²) in [5.74, 6) is 0.510. The van der Waals surface area contributed by atoms with Crippen molar-refractivity contribution in [2.45, 2.75) is 0 Å². The molecule has 5 nitrogen and oxygen atoms in total. The SMILES string of the molecule is ONC=Nc1cc(-c2ccccc2)[nH]n1. The molecule has 0 saturated heterocycles. The molecule has 5 heteroatoms. The molecular formula is C10H10N4O. The van der Waals surface area contributed by atoms with Gasteiger partial charge in [-0.15, -0.1) is 0 Å². The molecule has 15 heavy (non-hydrogen) atoms. The summed E-state index contributed by atoms with van der Waals surface area (Å²) in [6, 6.07) is 11.6. The van der Waals surface area contributed by atoms with Crippen LogP contribution >= 0.6 is 0 Å². The fraction of sp³-hybridized carbons (Fsp3) is 0. The molecule has 2 aromatic rings. The van der Waals surface area contributed by atoms with Crippen LogP contribution in [0, 0.1) is 0 Å². The van der Waals surface area contributed by atoms with Gasteiger partial charge in [0, 0.05) is 6.07 Å². The number of benzene rings is 1. The lowest BCUT2D eigenvalue weighted by molar-refractivity contribution is 0.240. The normalized spacial score (nSPS) is 10.7. The molecule has 1 heterocycles. The van der Waals surface area contributed by atoms with Gasteiger partial charge in [0.1, 0.15) is 6.34 Å². The van der Waals surface area contributed by atoms with Gasteiger partial charge >= 0.3 is 0 Å². The van der Waals surface area contributed by atoms with Crippen LogP contribution in [0.25, 0.3) is 11.3 Å². The predicted molar refractivity (Wildman–Crippen MR) is 57.1 cm³/mol. The lowest BCUT2D eigenvalue weighted by Crippen LogP contribution is -2.00. The van der Waals surface area contributed by atoms with E-state index < -0.39 is 0 Å². The Balaban J connectivity index is 2.24. The van der Waals surface area contributed by atoms with Crippen LogP contribution in [0.5, 0.6) is 0 Å². The molecule has 0 aliphatic carbocycles. The third-order valence-electron chi connectivity index (χ3n) is 1.90. The van der Waals surface area contributed by atoms with Gasteiger partial charge in [-0.2, -0.15) is 5.10 Å². The summed E-state index contributed by atoms with van der Waals surface area (Å²) in [4.78, 5) is 3.84. The molecule has 0 bridgehead atoms. The molecule has 3 N–H and O–H groups in total. The lowest BCUT2D eigenvalue weighted by Gasteiger charge is -1.93. The first-order chi connectivity index (χ1) is 7.40. The highest BCUT2D eigenvalue weighted by Gasteiger charge is 2.00. The molecule has 1 aromatic carbocycles. The second-order valence-electron chi connectivity index (χ2n) is 2.89. The number of rotatable bonds is 3. The number of hydrogen-bond donors (Lipinski definition) is 3. The Kier molecular flexibility index (Phi) is 2.75. The highest BCUT2D eigenvalue weighted by molar-refractivity contribution is 5.64. The van der Waals surface area contributed by atoms with Crippen LogP contribution in [0.15, 0.2) is 41.4 Å². The number of aromatic nitrogens is 2. The van der Waals surface area contributed by atoms with Gasteiger partial charge in [-0.3, -0.25) is 15.8 Å². The smallest absolute Gasteiger partial charge is 0.175 e. The Labute approximate surface area is 86.4 Å². The molecule has 0 radical (unpaired) electrons. The highest BCUT2D eigenvalue weighted by Crippen LogP contribution is 2.19. The Bertz CT molecular complexity index is 449. The zero-order chi connectivity index (χ0) is 10.5. The summed E-state index contributed by atoms with van der Waals surface area (Å²) in [5.41, 5.74) is 3.75. The van der Waals surface area contributed by atoms with E-state index in [4.69, 9.17) is 5.21 Å². The number of nitrogens with one attached hydrogen (secondary N) is 2. The first-order valence-corrected chi connectivity index (χ1v) is 4.43. The Morgan fingerprint density at radius 1 is 1.33 bits per heavy atom. The van der Waals surface area contributed by atoms with E-state index >= 15 is 0 Å². The van der Waals surface area contributed by atoms with Gasteiger partial charge in [-0.25, -0.2) is 4.99 Å². The molecule has 2 rings (SSSR count). The summed E-state index contributed by atoms with van der Waals surface area (Å²) in [5, 5.41) is 15.1. The van der Waals surface area contributed by atoms with Crippen LogP contribution in [0.3, 0.4) is 0 Å². The second kappa shape index (κ2) is 4.39. The fourth-order valence-electron chi connectivity index (χ4n) is 1.24. The highest BCUT2D eigenvalue weighted by atomic mass is 16.5. The summed E-state index contributed by atoms with van der Waals surface area (Å²) >= 11 is 0. The third kappa shape index (κ3) is 2.21. The lowest BCUT2D eigenvalue weighted by atomic mass is 10.2. The maximum atomic E-state index is 8.31. The van der Waals surface area contributed by atoms with Crippen LogP contribution in [0.4, 0.5) is 5.82 Å². The molecule has 0 spiro atoms. The Morgan fingerprint density at radius 2 is 2.13 bits per heavy atom. The minimum absolute atomic E-state index is 0.510. The first kappa shape index (κ1) is 9.42. The number of H-pyrrole nitrogens is 1. The van der Waals surface area contributed by atoms with E-state index in [1.807, 2.05) is 35.8 Å². The second-order valence-corrected chi connectivity index (χ2v) is 2.89. The summed E-state index contributed by atoms with van der Waals surface area (Å²) in [7, 11) is 0. The van der Waals surface area contributed by atoms with Gasteiger partial charge < -0.3 is 0 Å². The van der Waals surface area contributed by atoms with E-state index in [0.29, 0.717) is 5.82 Å². The van der Waals surface area contributed by atoms with E-state index in [1.54, 1.807) is 6.07 Å². The number of hydrogen-bond acceptors (Lipinski definition) is 3. The summed E-state index contributed by atoms with van der Waals surface area (Å²) in [6.45, 7) is 0. The van der Waals surface area contributed by atoms with E-state index in [2.05, 4.69) is 15.2 Å². The van der Waals surface area contributed by atoms with Gasteiger partial charge in [0.15, 0.2) is 5.82 Å².